The van der Waals surface area contributed by atoms with Gasteiger partial charge >= 0.3 is 0 Å². The highest BCUT2D eigenvalue weighted by Gasteiger charge is 2.18. The molecule has 0 amide bonds. The lowest BCUT2D eigenvalue weighted by Gasteiger charge is -2.15. The molecule has 0 atom stereocenters. The first kappa shape index (κ1) is 30.5. The number of anilines is 4. The molecule has 44 heavy (non-hydrogen) atoms. The molecule has 0 saturated heterocycles. The minimum Gasteiger partial charge on any atom is -0.385 e. The highest BCUT2D eigenvalue weighted by atomic mass is 32.1. The number of azo groups is 1. The number of fused-ring (bicyclic) bond motifs is 1. The zero-order valence-electron chi connectivity index (χ0n) is 24.7. The molecule has 226 valence electrons. The number of ether oxygens (including phenoxy) is 2. The van der Waals surface area contributed by atoms with E-state index in [1.165, 1.54) is 11.3 Å². The van der Waals surface area contributed by atoms with E-state index in [9.17, 15) is 5.26 Å². The van der Waals surface area contributed by atoms with Crippen molar-refractivity contribution in [2.24, 2.45) is 10.2 Å². The third-order valence-electron chi connectivity index (χ3n) is 6.36. The number of nitrogens with one attached hydrogen (secondary N) is 3. The molecule has 0 fully saturated rings. The van der Waals surface area contributed by atoms with Crippen LogP contribution in [0.1, 0.15) is 24.0 Å². The van der Waals surface area contributed by atoms with E-state index in [0.717, 1.165) is 34.3 Å². The number of aryl methyl sites for hydroxylation is 1. The molecule has 14 heteroatoms. The van der Waals surface area contributed by atoms with Crippen LogP contribution in [0, 0.1) is 18.3 Å². The first-order chi connectivity index (χ1) is 21.6. The minimum atomic E-state index is 0.153. The zero-order valence-corrected chi connectivity index (χ0v) is 25.6. The summed E-state index contributed by atoms with van der Waals surface area (Å²) in [6.45, 7) is 4.42. The molecule has 3 N–H and O–H groups in total. The molecular weight excluding hydrogens is 578 g/mol. The van der Waals surface area contributed by atoms with E-state index in [1.807, 2.05) is 55.5 Å². The first-order valence-electron chi connectivity index (χ1n) is 14.1. The van der Waals surface area contributed by atoms with Crippen LogP contribution in [0.15, 0.2) is 65.0 Å². The Bertz CT molecular complexity index is 1730. The molecule has 0 spiro atoms. The lowest BCUT2D eigenvalue weighted by Crippen LogP contribution is -2.12. The third-order valence-corrected chi connectivity index (χ3v) is 7.39. The number of hydrogen-bond donors (Lipinski definition) is 3. The van der Waals surface area contributed by atoms with Gasteiger partial charge in [0.25, 0.3) is 0 Å². The Kier molecular flexibility index (Phi) is 10.4. The topological polar surface area (TPSA) is 160 Å². The summed E-state index contributed by atoms with van der Waals surface area (Å²) in [6, 6.07) is 17.9. The van der Waals surface area contributed by atoms with Gasteiger partial charge in [-0.05, 0) is 44.0 Å². The number of hydrogen-bond acceptors (Lipinski definition) is 13. The van der Waals surface area contributed by atoms with E-state index in [0.29, 0.717) is 54.7 Å². The normalized spacial score (nSPS) is 11.2. The highest BCUT2D eigenvalue weighted by molar-refractivity contribution is 7.20. The molecule has 0 radical (unpaired) electrons. The average Bonchev–Trinajstić information content (AvgIpc) is 3.66. The van der Waals surface area contributed by atoms with Crippen molar-refractivity contribution in [1.29, 1.82) is 5.26 Å². The molecule has 3 aromatic heterocycles. The fraction of sp³-hybridized carbons (Fsp3) is 0.300. The SMILES string of the molecule is COCCCNc1nc(NCCCOC)c(N=Nc2nn(-c3nc4ccccc4s3)cc2C#N)c(Nc2ccc(C)cc2)n1. The molecule has 0 bridgehead atoms. The number of nitriles is 1. The van der Waals surface area contributed by atoms with Crippen LogP contribution in [-0.2, 0) is 9.47 Å². The second-order valence-corrected chi connectivity index (χ2v) is 10.7. The number of benzene rings is 2. The summed E-state index contributed by atoms with van der Waals surface area (Å²) >= 11 is 1.47. The van der Waals surface area contributed by atoms with Gasteiger partial charge in [-0.1, -0.05) is 41.2 Å². The maximum atomic E-state index is 9.87. The van der Waals surface area contributed by atoms with Crippen molar-refractivity contribution >= 4 is 56.3 Å². The van der Waals surface area contributed by atoms with Gasteiger partial charge < -0.3 is 25.4 Å². The van der Waals surface area contributed by atoms with Crippen molar-refractivity contribution in [2.45, 2.75) is 19.8 Å². The summed E-state index contributed by atoms with van der Waals surface area (Å²) in [5.74, 6) is 1.47. The number of thiazole rings is 1. The Labute approximate surface area is 259 Å². The Morgan fingerprint density at radius 1 is 0.909 bits per heavy atom. The van der Waals surface area contributed by atoms with Gasteiger partial charge in [-0.3, -0.25) is 0 Å². The summed E-state index contributed by atoms with van der Waals surface area (Å²) in [5.41, 5.74) is 3.43. The van der Waals surface area contributed by atoms with Crippen molar-refractivity contribution < 1.29 is 9.47 Å². The molecular formula is C30H33N11O2S. The lowest BCUT2D eigenvalue weighted by atomic mass is 10.2. The monoisotopic (exact) mass is 611 g/mol. The Hall–Kier alpha value is -4.97. The second kappa shape index (κ2) is 15.0. The van der Waals surface area contributed by atoms with Crippen molar-refractivity contribution in [3.05, 3.63) is 65.9 Å². The van der Waals surface area contributed by atoms with Crippen LogP contribution in [0.3, 0.4) is 0 Å². The minimum absolute atomic E-state index is 0.153. The summed E-state index contributed by atoms with van der Waals surface area (Å²) < 4.78 is 13.0. The maximum Gasteiger partial charge on any atom is 0.226 e. The van der Waals surface area contributed by atoms with Gasteiger partial charge in [-0.15, -0.1) is 15.3 Å². The predicted octanol–water partition coefficient (Wildman–Crippen LogP) is 6.51. The average molecular weight is 612 g/mol. The van der Waals surface area contributed by atoms with E-state index in [-0.39, 0.29) is 11.4 Å². The number of para-hydroxylation sites is 1. The summed E-state index contributed by atoms with van der Waals surface area (Å²) in [5, 5.41) is 34.0. The van der Waals surface area contributed by atoms with Crippen molar-refractivity contribution in [3.63, 3.8) is 0 Å². The molecule has 0 aliphatic heterocycles. The molecule has 2 aromatic carbocycles. The fourth-order valence-electron chi connectivity index (χ4n) is 4.12. The molecule has 3 heterocycles. The van der Waals surface area contributed by atoms with Crippen LogP contribution in [0.4, 0.5) is 34.8 Å². The van der Waals surface area contributed by atoms with Gasteiger partial charge in [0.1, 0.15) is 11.6 Å². The highest BCUT2D eigenvalue weighted by Crippen LogP contribution is 2.36. The Morgan fingerprint density at radius 3 is 2.36 bits per heavy atom. The van der Waals surface area contributed by atoms with Gasteiger partial charge in [0.2, 0.25) is 16.9 Å². The number of methoxy groups -OCH3 is 2. The van der Waals surface area contributed by atoms with E-state index < -0.39 is 0 Å². The van der Waals surface area contributed by atoms with Crippen LogP contribution in [0.2, 0.25) is 0 Å². The molecule has 0 aliphatic carbocycles. The van der Waals surface area contributed by atoms with Crippen molar-refractivity contribution in [1.82, 2.24) is 24.7 Å². The molecule has 13 nitrogen and oxygen atoms in total. The quantitative estimate of drug-likeness (QED) is 0.0880. The molecule has 0 aliphatic rings. The van der Waals surface area contributed by atoms with Crippen LogP contribution >= 0.6 is 11.3 Å². The molecule has 0 saturated carbocycles. The number of rotatable bonds is 15. The van der Waals surface area contributed by atoms with E-state index in [4.69, 9.17) is 19.4 Å². The van der Waals surface area contributed by atoms with E-state index >= 15 is 0 Å². The van der Waals surface area contributed by atoms with Gasteiger partial charge in [-0.2, -0.15) is 15.2 Å². The smallest absolute Gasteiger partial charge is 0.226 e. The van der Waals surface area contributed by atoms with E-state index in [2.05, 4.69) is 42.3 Å². The van der Waals surface area contributed by atoms with Gasteiger partial charge in [0.15, 0.2) is 17.3 Å². The van der Waals surface area contributed by atoms with Crippen LogP contribution in [0.5, 0.6) is 0 Å². The number of nitrogens with zero attached hydrogens (tertiary/aromatic N) is 8. The number of aromatic nitrogens is 5. The lowest BCUT2D eigenvalue weighted by molar-refractivity contribution is 0.197. The van der Waals surface area contributed by atoms with Gasteiger partial charge in [0.05, 0.1) is 16.4 Å². The van der Waals surface area contributed by atoms with Crippen LogP contribution in [0.25, 0.3) is 15.3 Å². The summed E-state index contributed by atoms with van der Waals surface area (Å²) in [4.78, 5) is 14.1. The largest absolute Gasteiger partial charge is 0.385 e. The van der Waals surface area contributed by atoms with Crippen LogP contribution in [-0.4, -0.2) is 65.3 Å². The standard InChI is InChI=1S/C30H33N11O2S/c1-20-10-12-22(13-11-20)34-28-25(27(32-14-6-16-42-2)36-29(37-28)33-15-7-17-43-3)38-39-26-21(18-31)19-41(40-26)30-35-23-8-4-5-9-24(23)44-30/h4-5,8-13,19H,6-7,14-17H2,1-3H3,(H3,32,33,34,36,37). The van der Waals surface area contributed by atoms with E-state index in [1.54, 1.807) is 25.1 Å². The second-order valence-electron chi connectivity index (χ2n) is 9.72. The van der Waals surface area contributed by atoms with Crippen molar-refractivity contribution in [2.75, 3.05) is 56.5 Å². The van der Waals surface area contributed by atoms with Crippen LogP contribution < -0.4 is 16.0 Å². The summed E-state index contributed by atoms with van der Waals surface area (Å²) in [6.07, 6.45) is 3.14. The first-order valence-corrected chi connectivity index (χ1v) is 14.9. The van der Waals surface area contributed by atoms with Gasteiger partial charge in [-0.25, -0.2) is 9.67 Å². The Balaban J connectivity index is 1.52. The zero-order chi connectivity index (χ0) is 30.7. The molecule has 5 rings (SSSR count). The fourth-order valence-corrected chi connectivity index (χ4v) is 5.02. The Morgan fingerprint density at radius 2 is 1.64 bits per heavy atom. The molecule has 0 unspecified atom stereocenters. The maximum absolute atomic E-state index is 9.87. The molecule has 5 aromatic rings. The third kappa shape index (κ3) is 7.70. The van der Waals surface area contributed by atoms with Crippen molar-refractivity contribution in [3.8, 4) is 11.2 Å². The predicted molar refractivity (Wildman–Crippen MR) is 172 cm³/mol. The summed E-state index contributed by atoms with van der Waals surface area (Å²) in [7, 11) is 3.33. The van der Waals surface area contributed by atoms with Gasteiger partial charge in [0, 0.05) is 46.2 Å².